The summed E-state index contributed by atoms with van der Waals surface area (Å²) in [6, 6.07) is 4.70. The van der Waals surface area contributed by atoms with Crippen LogP contribution in [0.15, 0.2) is 23.3 Å². The topological polar surface area (TPSA) is 93.8 Å². The fraction of sp³-hybridized carbons (Fsp3) is 0.579. The van der Waals surface area contributed by atoms with Crippen molar-refractivity contribution in [2.24, 2.45) is 22.4 Å². The number of hydrazone groups is 1. The maximum atomic E-state index is 12.5. The van der Waals surface area contributed by atoms with Crippen LogP contribution in [0.3, 0.4) is 0 Å². The van der Waals surface area contributed by atoms with Crippen LogP contribution in [0.2, 0.25) is 0 Å². The predicted octanol–water partition coefficient (Wildman–Crippen LogP) is 3.66. The lowest BCUT2D eigenvalue weighted by Crippen LogP contribution is -2.23. The molecule has 7 heteroatoms. The van der Waals surface area contributed by atoms with Crippen molar-refractivity contribution in [3.8, 4) is 5.75 Å². The summed E-state index contributed by atoms with van der Waals surface area (Å²) in [5, 5.41) is 15.4. The summed E-state index contributed by atoms with van der Waals surface area (Å²) in [7, 11) is 0. The van der Waals surface area contributed by atoms with E-state index in [0.29, 0.717) is 23.8 Å². The number of nitro benzene ring substituents is 1. The van der Waals surface area contributed by atoms with Gasteiger partial charge in [0, 0.05) is 17.5 Å². The summed E-state index contributed by atoms with van der Waals surface area (Å²) in [4.78, 5) is 23.2. The summed E-state index contributed by atoms with van der Waals surface area (Å²) in [5.74, 6) is 0.696. The molecule has 1 aromatic carbocycles. The molecular formula is C19H25N3O4. The highest BCUT2D eigenvalue weighted by atomic mass is 16.6. The maximum absolute atomic E-state index is 12.5. The first-order valence-corrected chi connectivity index (χ1v) is 9.14. The van der Waals surface area contributed by atoms with E-state index in [4.69, 9.17) is 4.74 Å². The maximum Gasteiger partial charge on any atom is 0.311 e. The third kappa shape index (κ3) is 3.30. The lowest BCUT2D eigenvalue weighted by molar-refractivity contribution is -0.385. The van der Waals surface area contributed by atoms with Crippen LogP contribution in [0.5, 0.6) is 5.75 Å². The Morgan fingerprint density at radius 3 is 2.85 bits per heavy atom. The molecule has 7 nitrogen and oxygen atoms in total. The smallest absolute Gasteiger partial charge is 0.311 e. The van der Waals surface area contributed by atoms with E-state index in [1.54, 1.807) is 26.0 Å². The van der Waals surface area contributed by atoms with Crippen LogP contribution in [0, 0.1) is 27.4 Å². The van der Waals surface area contributed by atoms with Crippen molar-refractivity contribution < 1.29 is 14.5 Å². The van der Waals surface area contributed by atoms with Gasteiger partial charge < -0.3 is 4.74 Å². The van der Waals surface area contributed by atoms with Gasteiger partial charge in [-0.15, -0.1) is 0 Å². The van der Waals surface area contributed by atoms with Crippen LogP contribution < -0.4 is 10.2 Å². The molecule has 1 aromatic rings. The Bertz CT molecular complexity index is 761. The van der Waals surface area contributed by atoms with E-state index >= 15 is 0 Å². The molecule has 0 aliphatic heterocycles. The van der Waals surface area contributed by atoms with E-state index in [1.807, 2.05) is 0 Å². The van der Waals surface area contributed by atoms with E-state index < -0.39 is 4.92 Å². The Kier molecular flexibility index (Phi) is 4.98. The van der Waals surface area contributed by atoms with Crippen molar-refractivity contribution in [1.82, 2.24) is 5.43 Å². The number of hydrogen-bond donors (Lipinski definition) is 1. The van der Waals surface area contributed by atoms with Crippen molar-refractivity contribution in [3.05, 3.63) is 33.9 Å². The lowest BCUT2D eigenvalue weighted by Gasteiger charge is -2.15. The Morgan fingerprint density at radius 1 is 1.46 bits per heavy atom. The van der Waals surface area contributed by atoms with E-state index in [0.717, 1.165) is 12.8 Å². The van der Waals surface area contributed by atoms with Gasteiger partial charge in [-0.3, -0.25) is 14.9 Å². The highest BCUT2D eigenvalue weighted by Gasteiger charge is 2.64. The van der Waals surface area contributed by atoms with Gasteiger partial charge >= 0.3 is 5.69 Å². The second-order valence-corrected chi connectivity index (χ2v) is 7.38. The summed E-state index contributed by atoms with van der Waals surface area (Å²) in [6.45, 7) is 6.04. The Hall–Kier alpha value is -2.44. The zero-order valence-corrected chi connectivity index (χ0v) is 15.4. The van der Waals surface area contributed by atoms with E-state index in [1.165, 1.54) is 18.9 Å². The highest BCUT2D eigenvalue weighted by Crippen LogP contribution is 2.66. The van der Waals surface area contributed by atoms with Gasteiger partial charge in [0.15, 0.2) is 5.75 Å². The third-order valence-corrected chi connectivity index (χ3v) is 5.82. The highest BCUT2D eigenvalue weighted by molar-refractivity contribution is 6.00. The molecule has 0 bridgehead atoms. The molecular weight excluding hydrogens is 334 g/mol. The molecule has 0 saturated heterocycles. The molecule has 0 heterocycles. The minimum Gasteiger partial charge on any atom is -0.487 e. The van der Waals surface area contributed by atoms with Gasteiger partial charge in [-0.25, -0.2) is 5.43 Å². The molecule has 0 spiro atoms. The van der Waals surface area contributed by atoms with Crippen LogP contribution >= 0.6 is 0 Å². The molecule has 2 aliphatic rings. The summed E-state index contributed by atoms with van der Waals surface area (Å²) >= 11 is 0. The first-order chi connectivity index (χ1) is 12.4. The van der Waals surface area contributed by atoms with Gasteiger partial charge in [0.1, 0.15) is 0 Å². The van der Waals surface area contributed by atoms with E-state index in [-0.39, 0.29) is 28.7 Å². The molecule has 26 heavy (non-hydrogen) atoms. The standard InChI is InChI=1S/C19H25N3O4/c1-4-26-16-9-8-13(11-15(16)22(24)25)12(2)20-21-18(23)17-14-7-5-6-10-19(14,17)3/h8-9,11,14,17H,4-7,10H2,1-3H3,(H,21,23)/b20-12-/t14-,17+,19-/m1/s1. The number of rotatable bonds is 6. The van der Waals surface area contributed by atoms with Crippen LogP contribution in [0.4, 0.5) is 5.69 Å². The van der Waals surface area contributed by atoms with Crippen LogP contribution in [0.25, 0.3) is 0 Å². The number of carbonyl (C=O) groups is 1. The number of hydrogen-bond acceptors (Lipinski definition) is 5. The molecule has 0 unspecified atom stereocenters. The van der Waals surface area contributed by atoms with Crippen LogP contribution in [0.1, 0.15) is 52.0 Å². The second-order valence-electron chi connectivity index (χ2n) is 7.38. The first kappa shape index (κ1) is 18.4. The second kappa shape index (κ2) is 7.05. The average Bonchev–Trinajstić information content (AvgIpc) is 3.25. The molecule has 3 atom stereocenters. The predicted molar refractivity (Wildman–Crippen MR) is 98.2 cm³/mol. The largest absolute Gasteiger partial charge is 0.487 e. The van der Waals surface area contributed by atoms with E-state index in [9.17, 15) is 14.9 Å². The summed E-state index contributed by atoms with van der Waals surface area (Å²) in [6.07, 6.45) is 4.60. The number of nitrogens with zero attached hydrogens (tertiary/aromatic N) is 2. The number of benzene rings is 1. The SMILES string of the molecule is CCOc1ccc(/C(C)=N\NC(=O)[C@@H]2[C@H]3CCCC[C@]32C)cc1[N+](=O)[O-]. The molecule has 2 aliphatic carbocycles. The zero-order chi connectivity index (χ0) is 18.9. The van der Waals surface area contributed by atoms with Crippen molar-refractivity contribution >= 4 is 17.3 Å². The van der Waals surface area contributed by atoms with Crippen LogP contribution in [-0.2, 0) is 4.79 Å². The molecule has 0 radical (unpaired) electrons. The Morgan fingerprint density at radius 2 is 2.23 bits per heavy atom. The summed E-state index contributed by atoms with van der Waals surface area (Å²) < 4.78 is 5.28. The van der Waals surface area contributed by atoms with Gasteiger partial charge in [-0.2, -0.15) is 5.10 Å². The van der Waals surface area contributed by atoms with Gasteiger partial charge in [-0.05, 0) is 50.2 Å². The average molecular weight is 359 g/mol. The normalized spacial score (nSPS) is 27.4. The van der Waals surface area contributed by atoms with Gasteiger partial charge in [0.2, 0.25) is 5.91 Å². The summed E-state index contributed by atoms with van der Waals surface area (Å²) in [5.41, 5.74) is 3.79. The minimum absolute atomic E-state index is 0.0382. The zero-order valence-electron chi connectivity index (χ0n) is 15.4. The number of fused-ring (bicyclic) bond motifs is 1. The monoisotopic (exact) mass is 359 g/mol. The first-order valence-electron chi connectivity index (χ1n) is 9.14. The minimum atomic E-state index is -0.476. The molecule has 1 N–H and O–H groups in total. The fourth-order valence-corrected chi connectivity index (χ4v) is 4.29. The van der Waals surface area contributed by atoms with Gasteiger partial charge in [0.25, 0.3) is 0 Å². The molecule has 2 fully saturated rings. The number of nitrogens with one attached hydrogen (secondary N) is 1. The third-order valence-electron chi connectivity index (χ3n) is 5.82. The Labute approximate surface area is 153 Å². The van der Waals surface area contributed by atoms with Crippen molar-refractivity contribution in [3.63, 3.8) is 0 Å². The van der Waals surface area contributed by atoms with Crippen LogP contribution in [-0.4, -0.2) is 23.1 Å². The number of ether oxygens (including phenoxy) is 1. The van der Waals surface area contributed by atoms with Gasteiger partial charge in [0.05, 0.1) is 17.2 Å². The molecule has 1 amide bonds. The van der Waals surface area contributed by atoms with Crippen molar-refractivity contribution in [2.45, 2.75) is 46.5 Å². The Balaban J connectivity index is 1.71. The number of nitro groups is 1. The molecule has 3 rings (SSSR count). The van der Waals surface area contributed by atoms with Gasteiger partial charge in [-0.1, -0.05) is 19.8 Å². The lowest BCUT2D eigenvalue weighted by atomic mass is 9.90. The van der Waals surface area contributed by atoms with Crippen molar-refractivity contribution in [1.29, 1.82) is 0 Å². The molecule has 2 saturated carbocycles. The molecule has 140 valence electrons. The fourth-order valence-electron chi connectivity index (χ4n) is 4.29. The van der Waals surface area contributed by atoms with E-state index in [2.05, 4.69) is 17.5 Å². The van der Waals surface area contributed by atoms with Crippen molar-refractivity contribution in [2.75, 3.05) is 6.61 Å². The number of amides is 1. The number of carbonyl (C=O) groups excluding carboxylic acids is 1. The quantitative estimate of drug-likeness (QED) is 0.476. The molecule has 0 aromatic heterocycles.